The molecule has 1 aromatic heterocycles. The van der Waals surface area contributed by atoms with Gasteiger partial charge in [-0.1, -0.05) is 12.7 Å². The molecule has 2 N–H and O–H groups in total. The van der Waals surface area contributed by atoms with E-state index in [4.69, 9.17) is 5.73 Å². The highest BCUT2D eigenvalue weighted by molar-refractivity contribution is 5.44. The minimum atomic E-state index is 0.801. The molecule has 1 rings (SSSR count). The summed E-state index contributed by atoms with van der Waals surface area (Å²) in [6, 6.07) is 0. The van der Waals surface area contributed by atoms with Gasteiger partial charge in [-0.05, 0) is 18.4 Å². The first kappa shape index (κ1) is 8.33. The molecule has 0 atom stereocenters. The smallest absolute Gasteiger partial charge is 0.138 e. The second kappa shape index (κ2) is 4.18. The largest absolute Gasteiger partial charge is 0.404 e. The lowest BCUT2D eigenvalue weighted by Gasteiger charge is -1.94. The average molecular weight is 161 g/mol. The van der Waals surface area contributed by atoms with E-state index in [2.05, 4.69) is 11.6 Å². The van der Waals surface area contributed by atoms with Crippen LogP contribution < -0.4 is 5.73 Å². The van der Waals surface area contributed by atoms with Gasteiger partial charge in [-0.15, -0.1) is 0 Å². The van der Waals surface area contributed by atoms with E-state index in [1.807, 2.05) is 23.0 Å². The number of rotatable bonds is 3. The molecule has 0 unspecified atom stereocenters. The molecule has 0 radical (unpaired) electrons. The predicted molar refractivity (Wildman–Crippen MR) is 51.0 cm³/mol. The summed E-state index contributed by atoms with van der Waals surface area (Å²) in [4.78, 5) is 4.07. The normalized spacial score (nSPS) is 11.3. The fourth-order valence-electron chi connectivity index (χ4n) is 0.819. The van der Waals surface area contributed by atoms with Crippen LogP contribution >= 0.6 is 0 Å². The van der Waals surface area contributed by atoms with Crippen molar-refractivity contribution in [3.05, 3.63) is 43.1 Å². The van der Waals surface area contributed by atoms with Gasteiger partial charge in [-0.3, -0.25) is 0 Å². The van der Waals surface area contributed by atoms with Gasteiger partial charge in [0, 0.05) is 18.6 Å². The van der Waals surface area contributed by atoms with Crippen molar-refractivity contribution in [2.24, 2.45) is 5.73 Å². The topological polar surface area (TPSA) is 43.8 Å². The Bertz CT molecular complexity index is 307. The lowest BCUT2D eigenvalue weighted by Crippen LogP contribution is -1.89. The summed E-state index contributed by atoms with van der Waals surface area (Å²) < 4.78 is 1.85. The molecular weight excluding hydrogens is 150 g/mol. The number of nitrogens with two attached hydrogens (primary N) is 1. The zero-order valence-electron chi connectivity index (χ0n) is 6.72. The van der Waals surface area contributed by atoms with Crippen LogP contribution in [0.5, 0.6) is 0 Å². The van der Waals surface area contributed by atoms with E-state index in [1.165, 1.54) is 6.20 Å². The number of imidazole rings is 1. The molecule has 62 valence electrons. The van der Waals surface area contributed by atoms with Crippen LogP contribution in [0.15, 0.2) is 37.3 Å². The monoisotopic (exact) mass is 161 g/mol. The van der Waals surface area contributed by atoms with Gasteiger partial charge in [0.25, 0.3) is 0 Å². The minimum absolute atomic E-state index is 0.801. The molecule has 1 heterocycles. The van der Waals surface area contributed by atoms with E-state index in [-0.39, 0.29) is 0 Å². The van der Waals surface area contributed by atoms with Gasteiger partial charge < -0.3 is 10.3 Å². The van der Waals surface area contributed by atoms with Gasteiger partial charge in [0.05, 0.1) is 0 Å². The Hall–Kier alpha value is -1.77. The summed E-state index contributed by atoms with van der Waals surface area (Å²) >= 11 is 0. The third-order valence-corrected chi connectivity index (χ3v) is 1.33. The van der Waals surface area contributed by atoms with Gasteiger partial charge in [-0.25, -0.2) is 4.98 Å². The summed E-state index contributed by atoms with van der Waals surface area (Å²) in [6.45, 7) is 3.57. The van der Waals surface area contributed by atoms with E-state index in [0.717, 1.165) is 5.82 Å². The lowest BCUT2D eigenvalue weighted by atomic mass is 10.5. The summed E-state index contributed by atoms with van der Waals surface area (Å²) in [5.41, 5.74) is 5.24. The Balaban J connectivity index is 2.90. The predicted octanol–water partition coefficient (Wildman–Crippen LogP) is 1.47. The van der Waals surface area contributed by atoms with Crippen molar-refractivity contribution in [1.29, 1.82) is 0 Å². The zero-order chi connectivity index (χ0) is 8.81. The van der Waals surface area contributed by atoms with Crippen LogP contribution in [-0.2, 0) is 0 Å². The first-order valence-corrected chi connectivity index (χ1v) is 3.59. The third-order valence-electron chi connectivity index (χ3n) is 1.33. The summed E-state index contributed by atoms with van der Waals surface area (Å²) in [7, 11) is 0. The van der Waals surface area contributed by atoms with Crippen LogP contribution in [0, 0.1) is 0 Å². The van der Waals surface area contributed by atoms with Gasteiger partial charge in [0.15, 0.2) is 0 Å². The first-order chi connectivity index (χ1) is 5.88. The Labute approximate surface area is 71.5 Å². The molecule has 12 heavy (non-hydrogen) atoms. The number of hydrogen-bond acceptors (Lipinski definition) is 2. The van der Waals surface area contributed by atoms with Gasteiger partial charge in [0.2, 0.25) is 0 Å². The quantitative estimate of drug-likeness (QED) is 0.682. The maximum atomic E-state index is 5.24. The van der Waals surface area contributed by atoms with Crippen LogP contribution in [0.2, 0.25) is 0 Å². The molecule has 0 bridgehead atoms. The zero-order valence-corrected chi connectivity index (χ0v) is 6.72. The second-order valence-electron chi connectivity index (χ2n) is 2.13. The highest BCUT2D eigenvalue weighted by Gasteiger charge is 1.92. The highest BCUT2D eigenvalue weighted by atomic mass is 15.0. The minimum Gasteiger partial charge on any atom is -0.404 e. The van der Waals surface area contributed by atoms with Crippen LogP contribution in [0.25, 0.3) is 12.3 Å². The summed E-state index contributed by atoms with van der Waals surface area (Å²) in [5, 5.41) is 0. The SMILES string of the molecule is C=C/C=C/n1ccnc1/C=C\N. The van der Waals surface area contributed by atoms with E-state index in [0.29, 0.717) is 0 Å². The molecule has 0 saturated carbocycles. The van der Waals surface area contributed by atoms with Crippen molar-refractivity contribution < 1.29 is 0 Å². The molecule has 0 aromatic carbocycles. The molecule has 0 aliphatic rings. The molecule has 3 heteroatoms. The van der Waals surface area contributed by atoms with Crippen molar-refractivity contribution in [3.8, 4) is 0 Å². The molecule has 0 saturated heterocycles. The van der Waals surface area contributed by atoms with E-state index in [9.17, 15) is 0 Å². The van der Waals surface area contributed by atoms with E-state index >= 15 is 0 Å². The maximum Gasteiger partial charge on any atom is 0.138 e. The van der Waals surface area contributed by atoms with Gasteiger partial charge >= 0.3 is 0 Å². The fourth-order valence-corrected chi connectivity index (χ4v) is 0.819. The lowest BCUT2D eigenvalue weighted by molar-refractivity contribution is 1.11. The Morgan fingerprint density at radius 3 is 3.08 bits per heavy atom. The van der Waals surface area contributed by atoms with Crippen LogP contribution in [0.1, 0.15) is 5.82 Å². The fraction of sp³-hybridized carbons (Fsp3) is 0. The van der Waals surface area contributed by atoms with Gasteiger partial charge in [-0.2, -0.15) is 0 Å². The van der Waals surface area contributed by atoms with Crippen LogP contribution in [0.4, 0.5) is 0 Å². The van der Waals surface area contributed by atoms with Crippen molar-refractivity contribution >= 4 is 12.3 Å². The highest BCUT2D eigenvalue weighted by Crippen LogP contribution is 1.99. The van der Waals surface area contributed by atoms with Crippen LogP contribution in [0.3, 0.4) is 0 Å². The molecule has 0 amide bonds. The molecular formula is C9H11N3. The number of nitrogens with zero attached hydrogens (tertiary/aromatic N) is 2. The first-order valence-electron chi connectivity index (χ1n) is 3.59. The van der Waals surface area contributed by atoms with Gasteiger partial charge in [0.1, 0.15) is 5.82 Å². The summed E-state index contributed by atoms with van der Waals surface area (Å²) in [6.07, 6.45) is 12.1. The number of allylic oxidation sites excluding steroid dienone is 2. The second-order valence-corrected chi connectivity index (χ2v) is 2.13. The van der Waals surface area contributed by atoms with E-state index < -0.39 is 0 Å². The molecule has 0 aliphatic heterocycles. The Morgan fingerprint density at radius 2 is 2.42 bits per heavy atom. The number of hydrogen-bond donors (Lipinski definition) is 1. The molecule has 3 nitrogen and oxygen atoms in total. The standard InChI is InChI=1S/C9H11N3/c1-2-3-7-12-8-6-11-9(12)4-5-10/h2-8H,1,10H2/b5-4-,7-3+. The average Bonchev–Trinajstić information content (AvgIpc) is 2.50. The summed E-state index contributed by atoms with van der Waals surface area (Å²) in [5.74, 6) is 0.801. The maximum absolute atomic E-state index is 5.24. The van der Waals surface area contributed by atoms with E-state index in [1.54, 1.807) is 18.3 Å². The van der Waals surface area contributed by atoms with Crippen molar-refractivity contribution in [1.82, 2.24) is 9.55 Å². The molecule has 0 fully saturated rings. The molecule has 1 aromatic rings. The van der Waals surface area contributed by atoms with Crippen molar-refractivity contribution in [3.63, 3.8) is 0 Å². The van der Waals surface area contributed by atoms with Crippen molar-refractivity contribution in [2.75, 3.05) is 0 Å². The molecule has 0 spiro atoms. The van der Waals surface area contributed by atoms with Crippen LogP contribution in [-0.4, -0.2) is 9.55 Å². The Kier molecular flexibility index (Phi) is 2.90. The Morgan fingerprint density at radius 1 is 1.58 bits per heavy atom. The number of aromatic nitrogens is 2. The van der Waals surface area contributed by atoms with Crippen molar-refractivity contribution in [2.45, 2.75) is 0 Å². The third kappa shape index (κ3) is 1.85. The molecule has 0 aliphatic carbocycles.